The van der Waals surface area contributed by atoms with E-state index in [1.165, 1.54) is 9.49 Å². The van der Waals surface area contributed by atoms with Gasteiger partial charge in [-0.05, 0) is 19.1 Å². The van der Waals surface area contributed by atoms with Crippen molar-refractivity contribution in [3.05, 3.63) is 71.4 Å². The van der Waals surface area contributed by atoms with Gasteiger partial charge in [-0.15, -0.1) is 0 Å². The fourth-order valence-electron chi connectivity index (χ4n) is 3.72. The number of aldehydes is 1. The first-order valence-electron chi connectivity index (χ1n) is 9.51. The van der Waals surface area contributed by atoms with Gasteiger partial charge in [-0.3, -0.25) is 0 Å². The van der Waals surface area contributed by atoms with E-state index in [0.29, 0.717) is 24.4 Å². The molecular formula is C22H27NO3SSi. The molecule has 0 bridgehead atoms. The van der Waals surface area contributed by atoms with Gasteiger partial charge in [-0.2, -0.15) is 4.31 Å². The van der Waals surface area contributed by atoms with Crippen molar-refractivity contribution in [2.45, 2.75) is 31.3 Å². The van der Waals surface area contributed by atoms with Crippen LogP contribution in [0.15, 0.2) is 70.8 Å². The molecule has 1 aliphatic rings. The molecule has 0 saturated carbocycles. The number of carbonyl (C=O) groups is 1. The van der Waals surface area contributed by atoms with Crippen molar-refractivity contribution < 1.29 is 13.2 Å². The zero-order chi connectivity index (χ0) is 20.4. The monoisotopic (exact) mass is 413 g/mol. The van der Waals surface area contributed by atoms with E-state index in [4.69, 9.17) is 0 Å². The standard InChI is InChI=1S/C22H27NO3SSi/c1-18-9-11-21(12-10-18)27(25,26)23-15-19(13-14-24)20(16-23)17-28(2,3)22-7-5-4-6-8-22/h4-12,14,17,19H,13,15-16H2,1-3H3/b20-17+. The van der Waals surface area contributed by atoms with Gasteiger partial charge in [0.25, 0.3) is 0 Å². The Hall–Kier alpha value is -2.02. The van der Waals surface area contributed by atoms with Crippen LogP contribution in [0.4, 0.5) is 0 Å². The summed E-state index contributed by atoms with van der Waals surface area (Å²) in [6.07, 6.45) is 1.25. The minimum atomic E-state index is -3.57. The maximum Gasteiger partial charge on any atom is 0.243 e. The van der Waals surface area contributed by atoms with Crippen LogP contribution in [0, 0.1) is 12.8 Å². The Balaban J connectivity index is 1.92. The van der Waals surface area contributed by atoms with Crippen LogP contribution in [0.5, 0.6) is 0 Å². The Kier molecular flexibility index (Phi) is 6.03. The first-order valence-corrected chi connectivity index (χ1v) is 14.0. The predicted molar refractivity (Wildman–Crippen MR) is 116 cm³/mol. The van der Waals surface area contributed by atoms with Crippen LogP contribution in [0.1, 0.15) is 12.0 Å². The summed E-state index contributed by atoms with van der Waals surface area (Å²) in [6, 6.07) is 17.3. The van der Waals surface area contributed by atoms with Crippen molar-refractivity contribution >= 4 is 29.6 Å². The van der Waals surface area contributed by atoms with E-state index < -0.39 is 18.1 Å². The molecule has 28 heavy (non-hydrogen) atoms. The smallest absolute Gasteiger partial charge is 0.243 e. The summed E-state index contributed by atoms with van der Waals surface area (Å²) in [6.45, 7) is 7.16. The van der Waals surface area contributed by atoms with Gasteiger partial charge in [-0.25, -0.2) is 8.42 Å². The SMILES string of the molecule is Cc1ccc(S(=O)(=O)N2C/C(=C\[Si](C)(C)c3ccccc3)C(CC=O)C2)cc1. The molecule has 1 fully saturated rings. The van der Waals surface area contributed by atoms with E-state index in [2.05, 4.69) is 30.9 Å². The number of rotatable bonds is 6. The molecule has 6 heteroatoms. The molecular weight excluding hydrogens is 386 g/mol. The molecule has 0 amide bonds. The fraction of sp³-hybridized carbons (Fsp3) is 0.318. The van der Waals surface area contributed by atoms with Gasteiger partial charge in [0, 0.05) is 25.4 Å². The van der Waals surface area contributed by atoms with Crippen LogP contribution in [0.2, 0.25) is 13.1 Å². The normalized spacial score (nSPS) is 19.8. The average molecular weight is 414 g/mol. The Morgan fingerprint density at radius 3 is 2.32 bits per heavy atom. The summed E-state index contributed by atoms with van der Waals surface area (Å²) >= 11 is 0. The third-order valence-electron chi connectivity index (χ3n) is 5.41. The van der Waals surface area contributed by atoms with Crippen molar-refractivity contribution in [3.8, 4) is 0 Å². The van der Waals surface area contributed by atoms with E-state index in [0.717, 1.165) is 17.4 Å². The molecule has 1 aliphatic heterocycles. The van der Waals surface area contributed by atoms with E-state index in [1.54, 1.807) is 12.1 Å². The van der Waals surface area contributed by atoms with E-state index >= 15 is 0 Å². The second kappa shape index (κ2) is 8.15. The molecule has 4 nitrogen and oxygen atoms in total. The molecule has 2 aromatic rings. The van der Waals surface area contributed by atoms with Crippen molar-refractivity contribution in [3.63, 3.8) is 0 Å². The van der Waals surface area contributed by atoms with Crippen molar-refractivity contribution in [1.82, 2.24) is 4.31 Å². The third kappa shape index (κ3) is 4.34. The first-order chi connectivity index (χ1) is 13.2. The number of aryl methyl sites for hydroxylation is 1. The third-order valence-corrected chi connectivity index (χ3v) is 10.2. The first kappa shape index (κ1) is 20.7. The maximum atomic E-state index is 13.1. The summed E-state index contributed by atoms with van der Waals surface area (Å²) in [7, 11) is -5.46. The number of sulfonamides is 1. The summed E-state index contributed by atoms with van der Waals surface area (Å²) in [5, 5.41) is 1.30. The van der Waals surface area contributed by atoms with Crippen molar-refractivity contribution in [2.75, 3.05) is 13.1 Å². The van der Waals surface area contributed by atoms with Gasteiger partial charge in [0.2, 0.25) is 10.0 Å². The Labute approximate surface area is 169 Å². The number of benzene rings is 2. The Morgan fingerprint density at radius 1 is 1.07 bits per heavy atom. The highest BCUT2D eigenvalue weighted by molar-refractivity contribution is 7.89. The van der Waals surface area contributed by atoms with E-state index in [-0.39, 0.29) is 5.92 Å². The van der Waals surface area contributed by atoms with Crippen LogP contribution in [-0.4, -0.2) is 40.2 Å². The predicted octanol–water partition coefficient (Wildman–Crippen LogP) is 3.29. The number of hydrogen-bond donors (Lipinski definition) is 0. The van der Waals surface area contributed by atoms with E-state index in [1.807, 2.05) is 37.3 Å². The molecule has 0 aliphatic carbocycles. The molecule has 0 spiro atoms. The highest BCUT2D eigenvalue weighted by Crippen LogP contribution is 2.31. The van der Waals surface area contributed by atoms with Crippen LogP contribution in [0.25, 0.3) is 0 Å². The quantitative estimate of drug-likeness (QED) is 0.539. The highest BCUT2D eigenvalue weighted by Gasteiger charge is 2.37. The highest BCUT2D eigenvalue weighted by atomic mass is 32.2. The van der Waals surface area contributed by atoms with Crippen molar-refractivity contribution in [2.24, 2.45) is 5.92 Å². The van der Waals surface area contributed by atoms with Gasteiger partial charge in [-0.1, -0.05) is 77.6 Å². The second-order valence-corrected chi connectivity index (χ2v) is 14.3. The average Bonchev–Trinajstić information content (AvgIpc) is 3.06. The molecule has 0 N–H and O–H groups in total. The fourth-order valence-corrected chi connectivity index (χ4v) is 7.67. The Morgan fingerprint density at radius 2 is 1.71 bits per heavy atom. The molecule has 0 aromatic heterocycles. The molecule has 3 rings (SSSR count). The molecule has 1 heterocycles. The summed E-state index contributed by atoms with van der Waals surface area (Å²) in [5.41, 5.74) is 4.37. The minimum Gasteiger partial charge on any atom is -0.303 e. The molecule has 0 radical (unpaired) electrons. The second-order valence-electron chi connectivity index (χ2n) is 8.02. The molecule has 1 saturated heterocycles. The van der Waals surface area contributed by atoms with Crippen LogP contribution in [0.3, 0.4) is 0 Å². The topological polar surface area (TPSA) is 54.5 Å². The lowest BCUT2D eigenvalue weighted by molar-refractivity contribution is -0.108. The maximum absolute atomic E-state index is 13.1. The van der Waals surface area contributed by atoms with Crippen molar-refractivity contribution in [1.29, 1.82) is 0 Å². The van der Waals surface area contributed by atoms with Crippen LogP contribution >= 0.6 is 0 Å². The van der Waals surface area contributed by atoms with Crippen LogP contribution < -0.4 is 5.19 Å². The van der Waals surface area contributed by atoms with Gasteiger partial charge >= 0.3 is 0 Å². The zero-order valence-electron chi connectivity index (χ0n) is 16.6. The van der Waals surface area contributed by atoms with Gasteiger partial charge in [0.15, 0.2) is 0 Å². The van der Waals surface area contributed by atoms with E-state index in [9.17, 15) is 13.2 Å². The number of carbonyl (C=O) groups excluding carboxylic acids is 1. The zero-order valence-corrected chi connectivity index (χ0v) is 18.4. The molecule has 1 atom stereocenters. The number of hydrogen-bond acceptors (Lipinski definition) is 3. The lowest BCUT2D eigenvalue weighted by Gasteiger charge is -2.21. The van der Waals surface area contributed by atoms with Gasteiger partial charge < -0.3 is 4.79 Å². The van der Waals surface area contributed by atoms with Crippen LogP contribution in [-0.2, 0) is 14.8 Å². The summed E-state index contributed by atoms with van der Waals surface area (Å²) in [5.74, 6) is -0.0480. The molecule has 2 aromatic carbocycles. The Bertz CT molecular complexity index is 967. The summed E-state index contributed by atoms with van der Waals surface area (Å²) < 4.78 is 27.7. The largest absolute Gasteiger partial charge is 0.303 e. The lowest BCUT2D eigenvalue weighted by Crippen LogP contribution is -2.40. The minimum absolute atomic E-state index is 0.0480. The molecule has 1 unspecified atom stereocenters. The van der Waals surface area contributed by atoms with Gasteiger partial charge in [0.05, 0.1) is 4.90 Å². The lowest BCUT2D eigenvalue weighted by atomic mass is 10.0. The molecule has 148 valence electrons. The number of nitrogens with zero attached hydrogens (tertiary/aromatic N) is 1. The summed E-state index contributed by atoms with van der Waals surface area (Å²) in [4.78, 5) is 11.5. The van der Waals surface area contributed by atoms with Gasteiger partial charge in [0.1, 0.15) is 14.4 Å².